The number of β-amino-alcohol motifs (C(OH)–C–C–N with tert-alkyl or cyclic N) is 1. The van der Waals surface area contributed by atoms with Crippen molar-refractivity contribution >= 4 is 5.91 Å². The van der Waals surface area contributed by atoms with Crippen molar-refractivity contribution in [2.75, 3.05) is 13.1 Å². The molecule has 3 aromatic heterocycles. The maximum Gasteiger partial charge on any atom is 0.274 e. The lowest BCUT2D eigenvalue weighted by atomic mass is 9.97. The molecule has 9 nitrogen and oxygen atoms in total. The second-order valence-corrected chi connectivity index (χ2v) is 7.44. The van der Waals surface area contributed by atoms with E-state index in [1.165, 1.54) is 17.3 Å². The normalized spacial score (nSPS) is 15.1. The molecule has 1 saturated heterocycles. The molecule has 0 saturated carbocycles. The summed E-state index contributed by atoms with van der Waals surface area (Å²) in [6.45, 7) is 6.18. The van der Waals surface area contributed by atoms with Gasteiger partial charge in [-0.3, -0.25) is 9.78 Å². The van der Waals surface area contributed by atoms with E-state index in [-0.39, 0.29) is 37.2 Å². The Morgan fingerprint density at radius 3 is 2.62 bits per heavy atom. The van der Waals surface area contributed by atoms with Crippen LogP contribution in [0, 0.1) is 13.8 Å². The van der Waals surface area contributed by atoms with Crippen molar-refractivity contribution in [3.05, 3.63) is 53.4 Å². The van der Waals surface area contributed by atoms with Gasteiger partial charge in [0.1, 0.15) is 23.8 Å². The van der Waals surface area contributed by atoms with Crippen LogP contribution >= 0.6 is 0 Å². The molecule has 0 bridgehead atoms. The third-order valence-electron chi connectivity index (χ3n) is 4.73. The highest BCUT2D eigenvalue weighted by Crippen LogP contribution is 2.26. The van der Waals surface area contributed by atoms with Crippen LogP contribution in [0.5, 0.6) is 5.88 Å². The van der Waals surface area contributed by atoms with Crippen molar-refractivity contribution in [3.63, 3.8) is 0 Å². The van der Waals surface area contributed by atoms with Gasteiger partial charge in [-0.15, -0.1) is 0 Å². The summed E-state index contributed by atoms with van der Waals surface area (Å²) in [7, 11) is 0. The molecule has 1 fully saturated rings. The maximum absolute atomic E-state index is 12.3. The van der Waals surface area contributed by atoms with Gasteiger partial charge in [0, 0.05) is 17.5 Å². The summed E-state index contributed by atoms with van der Waals surface area (Å²) in [5.74, 6) is 0.663. The number of hydrogen-bond donors (Lipinski definition) is 1. The number of hydrogen-bond acceptors (Lipinski definition) is 8. The maximum atomic E-state index is 12.3. The minimum atomic E-state index is -0.826. The molecule has 4 rings (SSSR count). The van der Waals surface area contributed by atoms with Crippen molar-refractivity contribution in [2.24, 2.45) is 0 Å². The summed E-state index contributed by atoms with van der Waals surface area (Å²) < 4.78 is 11.0. The lowest BCUT2D eigenvalue weighted by Gasteiger charge is -2.43. The van der Waals surface area contributed by atoms with Crippen LogP contribution in [0.3, 0.4) is 0 Å². The summed E-state index contributed by atoms with van der Waals surface area (Å²) in [6.07, 6.45) is 4.51. The van der Waals surface area contributed by atoms with Gasteiger partial charge in [0.25, 0.3) is 5.91 Å². The minimum Gasteiger partial charge on any atom is -0.471 e. The number of pyridine rings is 1. The van der Waals surface area contributed by atoms with E-state index in [2.05, 4.69) is 20.1 Å². The Bertz CT molecular complexity index is 1020. The predicted molar refractivity (Wildman–Crippen MR) is 102 cm³/mol. The van der Waals surface area contributed by atoms with E-state index in [0.717, 1.165) is 16.8 Å². The third kappa shape index (κ3) is 3.95. The molecule has 150 valence electrons. The highest BCUT2D eigenvalue weighted by molar-refractivity contribution is 5.92. The zero-order valence-electron chi connectivity index (χ0n) is 16.4. The van der Waals surface area contributed by atoms with Gasteiger partial charge in [0.05, 0.1) is 36.6 Å². The fourth-order valence-corrected chi connectivity index (χ4v) is 3.12. The van der Waals surface area contributed by atoms with Gasteiger partial charge in [-0.25, -0.2) is 9.97 Å². The van der Waals surface area contributed by atoms with Gasteiger partial charge in [-0.05, 0) is 32.9 Å². The standard InChI is InChI=1S/C20H21N5O4/c1-12-4-5-14(6-21-12)18-15(13(2)29-24-18)9-28-17-8-22-16(7-23-17)19(26)25-10-20(3,27)11-25/h4-8,27H,9-11H2,1-3H3. The molecule has 3 aromatic rings. The first-order chi connectivity index (χ1) is 13.8. The summed E-state index contributed by atoms with van der Waals surface area (Å²) in [4.78, 5) is 26.4. The van der Waals surface area contributed by atoms with Crippen molar-refractivity contribution in [1.82, 2.24) is 25.0 Å². The van der Waals surface area contributed by atoms with Crippen molar-refractivity contribution in [3.8, 4) is 17.1 Å². The highest BCUT2D eigenvalue weighted by Gasteiger charge is 2.40. The number of aryl methyl sites for hydroxylation is 2. The highest BCUT2D eigenvalue weighted by atomic mass is 16.5. The topological polar surface area (TPSA) is 114 Å². The molecule has 9 heteroatoms. The Morgan fingerprint density at radius 1 is 1.21 bits per heavy atom. The minimum absolute atomic E-state index is 0.190. The molecule has 29 heavy (non-hydrogen) atoms. The fourth-order valence-electron chi connectivity index (χ4n) is 3.12. The van der Waals surface area contributed by atoms with Crippen LogP contribution in [0.4, 0.5) is 0 Å². The van der Waals surface area contributed by atoms with Crippen LogP contribution in [0.1, 0.15) is 34.4 Å². The molecule has 0 radical (unpaired) electrons. The molecule has 1 aliphatic rings. The lowest BCUT2D eigenvalue weighted by molar-refractivity contribution is -0.0670. The summed E-state index contributed by atoms with van der Waals surface area (Å²) in [6, 6.07) is 3.83. The largest absolute Gasteiger partial charge is 0.471 e. The molecule has 0 aliphatic carbocycles. The Morgan fingerprint density at radius 2 is 2.00 bits per heavy atom. The number of aliphatic hydroxyl groups is 1. The molecular formula is C20H21N5O4. The SMILES string of the molecule is Cc1ccc(-c2noc(C)c2COc2cnc(C(=O)N3CC(C)(O)C3)cn2)cn1. The van der Waals surface area contributed by atoms with Crippen LogP contribution in [0.15, 0.2) is 35.2 Å². The first-order valence-corrected chi connectivity index (χ1v) is 9.17. The van der Waals surface area contributed by atoms with Crippen LogP contribution in [-0.4, -0.2) is 54.7 Å². The van der Waals surface area contributed by atoms with E-state index < -0.39 is 5.60 Å². The summed E-state index contributed by atoms with van der Waals surface area (Å²) >= 11 is 0. The lowest BCUT2D eigenvalue weighted by Crippen LogP contribution is -2.61. The fraction of sp³-hybridized carbons (Fsp3) is 0.350. The Balaban J connectivity index is 1.43. The molecular weight excluding hydrogens is 374 g/mol. The number of likely N-dealkylation sites (tertiary alicyclic amines) is 1. The number of aromatic nitrogens is 4. The van der Waals surface area contributed by atoms with E-state index in [1.807, 2.05) is 26.0 Å². The summed E-state index contributed by atoms with van der Waals surface area (Å²) in [5.41, 5.74) is 2.59. The van der Waals surface area contributed by atoms with E-state index in [0.29, 0.717) is 11.5 Å². The molecule has 1 N–H and O–H groups in total. The summed E-state index contributed by atoms with van der Waals surface area (Å²) in [5, 5.41) is 13.9. The van der Waals surface area contributed by atoms with Gasteiger partial charge in [0.15, 0.2) is 0 Å². The average Bonchev–Trinajstić information content (AvgIpc) is 3.05. The monoisotopic (exact) mass is 395 g/mol. The number of carbonyl (C=O) groups excluding carboxylic acids is 1. The van der Waals surface area contributed by atoms with Crippen LogP contribution in [0.25, 0.3) is 11.3 Å². The first kappa shape index (κ1) is 19.0. The predicted octanol–water partition coefficient (Wildman–Crippen LogP) is 1.93. The average molecular weight is 395 g/mol. The van der Waals surface area contributed by atoms with Gasteiger partial charge >= 0.3 is 0 Å². The van der Waals surface area contributed by atoms with E-state index in [1.54, 1.807) is 13.1 Å². The van der Waals surface area contributed by atoms with Crippen LogP contribution in [0.2, 0.25) is 0 Å². The first-order valence-electron chi connectivity index (χ1n) is 9.17. The molecule has 4 heterocycles. The number of amides is 1. The number of carbonyl (C=O) groups is 1. The van der Waals surface area contributed by atoms with Crippen LogP contribution in [-0.2, 0) is 6.61 Å². The van der Waals surface area contributed by atoms with Crippen molar-refractivity contribution in [1.29, 1.82) is 0 Å². The van der Waals surface area contributed by atoms with Crippen molar-refractivity contribution < 1.29 is 19.2 Å². The van der Waals surface area contributed by atoms with E-state index >= 15 is 0 Å². The third-order valence-corrected chi connectivity index (χ3v) is 4.73. The number of nitrogens with zero attached hydrogens (tertiary/aromatic N) is 5. The van der Waals surface area contributed by atoms with E-state index in [9.17, 15) is 9.90 Å². The molecule has 0 atom stereocenters. The number of ether oxygens (including phenoxy) is 1. The smallest absolute Gasteiger partial charge is 0.274 e. The zero-order valence-corrected chi connectivity index (χ0v) is 16.4. The molecule has 1 aliphatic heterocycles. The second-order valence-electron chi connectivity index (χ2n) is 7.44. The van der Waals surface area contributed by atoms with Gasteiger partial charge in [0.2, 0.25) is 5.88 Å². The van der Waals surface area contributed by atoms with Crippen molar-refractivity contribution in [2.45, 2.75) is 33.0 Å². The van der Waals surface area contributed by atoms with Crippen LogP contribution < -0.4 is 4.74 Å². The van der Waals surface area contributed by atoms with Gasteiger partial charge in [-0.1, -0.05) is 5.16 Å². The van der Waals surface area contributed by atoms with E-state index in [4.69, 9.17) is 9.26 Å². The van der Waals surface area contributed by atoms with Gasteiger partial charge < -0.3 is 19.3 Å². The Labute approximate surface area is 167 Å². The number of rotatable bonds is 5. The molecule has 1 amide bonds. The molecule has 0 spiro atoms. The second kappa shape index (κ2) is 7.25. The Hall–Kier alpha value is -3.33. The Kier molecular flexibility index (Phi) is 4.75. The zero-order chi connectivity index (χ0) is 20.6. The van der Waals surface area contributed by atoms with Gasteiger partial charge in [-0.2, -0.15) is 0 Å². The molecule has 0 unspecified atom stereocenters. The quantitative estimate of drug-likeness (QED) is 0.697. The molecule has 0 aromatic carbocycles.